The van der Waals surface area contributed by atoms with Gasteiger partial charge in [-0.15, -0.1) is 11.3 Å². The van der Waals surface area contributed by atoms with Crippen molar-refractivity contribution in [3.63, 3.8) is 0 Å². The van der Waals surface area contributed by atoms with Gasteiger partial charge in [-0.1, -0.05) is 30.3 Å². The van der Waals surface area contributed by atoms with E-state index in [1.807, 2.05) is 49.4 Å². The average Bonchev–Trinajstić information content (AvgIpc) is 2.93. The number of hydrogen-bond donors (Lipinski definition) is 1. The maximum Gasteiger partial charge on any atom is 0.351 e. The highest BCUT2D eigenvalue weighted by Crippen LogP contribution is 2.21. The van der Waals surface area contributed by atoms with Crippen molar-refractivity contribution in [2.45, 2.75) is 26.9 Å². The predicted octanol–water partition coefficient (Wildman–Crippen LogP) is 4.10. The van der Waals surface area contributed by atoms with Crippen molar-refractivity contribution in [1.29, 1.82) is 0 Å². The molecule has 0 unspecified atom stereocenters. The van der Waals surface area contributed by atoms with Gasteiger partial charge in [0.05, 0.1) is 10.7 Å². The molecule has 0 saturated carbocycles. The standard InChI is InChI=1S/C19H18N2O3S/c1-11-17(25-13(3)20-11)19(23)24-12(2)18(22)21-16-9-8-14-6-4-5-7-15(14)10-16/h4-10,12H,1-3H3,(H,21,22)/t12-/m1/s1. The van der Waals surface area contributed by atoms with E-state index in [2.05, 4.69) is 10.3 Å². The number of ether oxygens (including phenoxy) is 1. The van der Waals surface area contributed by atoms with Gasteiger partial charge >= 0.3 is 5.97 Å². The molecular formula is C19H18N2O3S. The minimum absolute atomic E-state index is 0.373. The van der Waals surface area contributed by atoms with Gasteiger partial charge in [0.1, 0.15) is 4.88 Å². The first-order valence-electron chi connectivity index (χ1n) is 7.88. The van der Waals surface area contributed by atoms with E-state index in [-0.39, 0.29) is 5.91 Å². The second kappa shape index (κ2) is 7.03. The van der Waals surface area contributed by atoms with Crippen molar-refractivity contribution in [2.24, 2.45) is 0 Å². The smallest absolute Gasteiger partial charge is 0.351 e. The summed E-state index contributed by atoms with van der Waals surface area (Å²) in [5.41, 5.74) is 1.28. The second-order valence-corrected chi connectivity index (χ2v) is 6.95. The van der Waals surface area contributed by atoms with Gasteiger partial charge in [-0.05, 0) is 43.7 Å². The maximum absolute atomic E-state index is 12.3. The van der Waals surface area contributed by atoms with Gasteiger partial charge in [-0.25, -0.2) is 9.78 Å². The lowest BCUT2D eigenvalue weighted by Crippen LogP contribution is -2.29. The van der Waals surface area contributed by atoms with Crippen LogP contribution >= 0.6 is 11.3 Å². The van der Waals surface area contributed by atoms with E-state index in [1.54, 1.807) is 13.8 Å². The molecule has 0 fully saturated rings. The van der Waals surface area contributed by atoms with Crippen LogP contribution in [0, 0.1) is 13.8 Å². The van der Waals surface area contributed by atoms with Gasteiger partial charge in [-0.3, -0.25) is 4.79 Å². The fraction of sp³-hybridized carbons (Fsp3) is 0.211. The molecule has 2 aromatic carbocycles. The molecule has 0 aliphatic carbocycles. The first-order valence-corrected chi connectivity index (χ1v) is 8.70. The Balaban J connectivity index is 1.67. The van der Waals surface area contributed by atoms with Crippen LogP contribution in [0.4, 0.5) is 5.69 Å². The topological polar surface area (TPSA) is 68.3 Å². The van der Waals surface area contributed by atoms with Gasteiger partial charge in [-0.2, -0.15) is 0 Å². The van der Waals surface area contributed by atoms with Crippen molar-refractivity contribution in [3.05, 3.63) is 58.0 Å². The Morgan fingerprint density at radius 3 is 2.52 bits per heavy atom. The summed E-state index contributed by atoms with van der Waals surface area (Å²) in [6.45, 7) is 5.13. The molecule has 0 saturated heterocycles. The number of nitrogens with one attached hydrogen (secondary N) is 1. The van der Waals surface area contributed by atoms with Crippen molar-refractivity contribution >= 4 is 39.7 Å². The molecule has 1 heterocycles. The normalized spacial score (nSPS) is 12.0. The van der Waals surface area contributed by atoms with E-state index in [9.17, 15) is 9.59 Å². The minimum atomic E-state index is -0.902. The monoisotopic (exact) mass is 354 g/mol. The van der Waals surface area contributed by atoms with Gasteiger partial charge in [0.15, 0.2) is 6.10 Å². The van der Waals surface area contributed by atoms with Crippen molar-refractivity contribution in [2.75, 3.05) is 5.32 Å². The number of anilines is 1. The highest BCUT2D eigenvalue weighted by Gasteiger charge is 2.22. The van der Waals surface area contributed by atoms with E-state index >= 15 is 0 Å². The number of nitrogens with zero attached hydrogens (tertiary/aromatic N) is 1. The number of carbonyl (C=O) groups is 2. The Morgan fingerprint density at radius 1 is 1.12 bits per heavy atom. The van der Waals surface area contributed by atoms with Crippen LogP contribution in [-0.2, 0) is 9.53 Å². The second-order valence-electron chi connectivity index (χ2n) is 5.75. The molecule has 3 rings (SSSR count). The molecular weight excluding hydrogens is 336 g/mol. The largest absolute Gasteiger partial charge is 0.448 e. The van der Waals surface area contributed by atoms with Crippen molar-refractivity contribution < 1.29 is 14.3 Å². The Bertz CT molecular complexity index is 949. The summed E-state index contributed by atoms with van der Waals surface area (Å²) in [6, 6.07) is 13.5. The zero-order valence-corrected chi connectivity index (χ0v) is 15.0. The number of fused-ring (bicyclic) bond motifs is 1. The van der Waals surface area contributed by atoms with E-state index in [0.717, 1.165) is 15.8 Å². The number of carbonyl (C=O) groups excluding carboxylic acids is 2. The van der Waals surface area contributed by atoms with Crippen LogP contribution in [0.3, 0.4) is 0 Å². The first-order chi connectivity index (χ1) is 11.9. The molecule has 5 nitrogen and oxygen atoms in total. The van der Waals surface area contributed by atoms with Crippen molar-refractivity contribution in [3.8, 4) is 0 Å². The molecule has 0 bridgehead atoms. The van der Waals surface area contributed by atoms with Crippen LogP contribution in [0.15, 0.2) is 42.5 Å². The molecule has 0 aliphatic heterocycles. The summed E-state index contributed by atoms with van der Waals surface area (Å²) in [6.07, 6.45) is -0.902. The Labute approximate surface area is 149 Å². The molecule has 1 amide bonds. The highest BCUT2D eigenvalue weighted by molar-refractivity contribution is 7.13. The molecule has 0 aliphatic rings. The number of thiazole rings is 1. The van der Waals surface area contributed by atoms with E-state index in [0.29, 0.717) is 16.3 Å². The lowest BCUT2D eigenvalue weighted by molar-refractivity contribution is -0.123. The Hall–Kier alpha value is -2.73. The fourth-order valence-corrected chi connectivity index (χ4v) is 3.30. The molecule has 3 aromatic rings. The first kappa shape index (κ1) is 17.1. The number of esters is 1. The number of benzene rings is 2. The summed E-state index contributed by atoms with van der Waals surface area (Å²) >= 11 is 1.26. The third-order valence-corrected chi connectivity index (χ3v) is 4.81. The van der Waals surface area contributed by atoms with E-state index in [1.165, 1.54) is 11.3 Å². The van der Waals surface area contributed by atoms with Gasteiger partial charge in [0, 0.05) is 5.69 Å². The lowest BCUT2D eigenvalue weighted by atomic mass is 10.1. The number of aryl methyl sites for hydroxylation is 2. The third kappa shape index (κ3) is 3.85. The number of hydrogen-bond acceptors (Lipinski definition) is 5. The molecule has 128 valence electrons. The van der Waals surface area contributed by atoms with Crippen molar-refractivity contribution in [1.82, 2.24) is 4.98 Å². The summed E-state index contributed by atoms with van der Waals surface area (Å²) in [5.74, 6) is -0.896. The maximum atomic E-state index is 12.3. The number of rotatable bonds is 4. The van der Waals surface area contributed by atoms with Crippen LogP contribution in [0.2, 0.25) is 0 Å². The molecule has 6 heteroatoms. The average molecular weight is 354 g/mol. The minimum Gasteiger partial charge on any atom is -0.448 e. The molecule has 1 atom stereocenters. The molecule has 25 heavy (non-hydrogen) atoms. The zero-order valence-electron chi connectivity index (χ0n) is 14.2. The summed E-state index contributed by atoms with van der Waals surface area (Å²) < 4.78 is 5.27. The van der Waals surface area contributed by atoms with Crippen LogP contribution in [0.5, 0.6) is 0 Å². The third-order valence-electron chi connectivity index (χ3n) is 3.76. The molecule has 1 N–H and O–H groups in total. The number of aromatic nitrogens is 1. The van der Waals surface area contributed by atoms with E-state index < -0.39 is 12.1 Å². The predicted molar refractivity (Wildman–Crippen MR) is 99.0 cm³/mol. The van der Waals surface area contributed by atoms with Crippen LogP contribution < -0.4 is 5.32 Å². The Kier molecular flexibility index (Phi) is 4.81. The SMILES string of the molecule is Cc1nc(C)c(C(=O)O[C@H](C)C(=O)Nc2ccc3ccccc3c2)s1. The van der Waals surface area contributed by atoms with Crippen LogP contribution in [-0.4, -0.2) is 23.0 Å². The molecule has 0 radical (unpaired) electrons. The van der Waals surface area contributed by atoms with E-state index in [4.69, 9.17) is 4.74 Å². The summed E-state index contributed by atoms with van der Waals surface area (Å²) in [7, 11) is 0. The summed E-state index contributed by atoms with van der Waals surface area (Å²) in [4.78, 5) is 29.1. The van der Waals surface area contributed by atoms with Crippen LogP contribution in [0.1, 0.15) is 27.3 Å². The highest BCUT2D eigenvalue weighted by atomic mass is 32.1. The summed E-state index contributed by atoms with van der Waals surface area (Å²) in [5, 5.41) is 5.69. The van der Waals surface area contributed by atoms with Crippen LogP contribution in [0.25, 0.3) is 10.8 Å². The Morgan fingerprint density at radius 2 is 1.84 bits per heavy atom. The zero-order chi connectivity index (χ0) is 18.0. The van der Waals surface area contributed by atoms with Gasteiger partial charge in [0.2, 0.25) is 0 Å². The number of amides is 1. The quantitative estimate of drug-likeness (QED) is 0.716. The van der Waals surface area contributed by atoms with Gasteiger partial charge < -0.3 is 10.1 Å². The molecule has 1 aromatic heterocycles. The molecule has 0 spiro atoms. The lowest BCUT2D eigenvalue weighted by Gasteiger charge is -2.13. The van der Waals surface area contributed by atoms with Gasteiger partial charge in [0.25, 0.3) is 5.91 Å². The fourth-order valence-electron chi connectivity index (χ4n) is 2.50.